The first-order valence-corrected chi connectivity index (χ1v) is 9.70. The number of rotatable bonds is 4. The molecule has 7 nitrogen and oxygen atoms in total. The van der Waals surface area contributed by atoms with Crippen LogP contribution in [-0.2, 0) is 16.6 Å². The lowest BCUT2D eigenvalue weighted by atomic mass is 10.0. The minimum atomic E-state index is -3.68. The van der Waals surface area contributed by atoms with E-state index in [1.807, 2.05) is 19.9 Å². The highest BCUT2D eigenvalue weighted by Gasteiger charge is 2.18. The molecule has 0 atom stereocenters. The van der Waals surface area contributed by atoms with Crippen LogP contribution in [0, 0.1) is 13.8 Å². The Labute approximate surface area is 156 Å². The molecule has 3 aromatic rings. The number of hydrogen-bond acceptors (Lipinski definition) is 5. The van der Waals surface area contributed by atoms with Gasteiger partial charge in [0.2, 0.25) is 10.0 Å². The van der Waals surface area contributed by atoms with Crippen LogP contribution >= 0.6 is 0 Å². The lowest BCUT2D eigenvalue weighted by Crippen LogP contribution is -2.26. The van der Waals surface area contributed by atoms with E-state index in [9.17, 15) is 18.0 Å². The van der Waals surface area contributed by atoms with Crippen molar-refractivity contribution in [2.75, 3.05) is 14.1 Å². The number of aryl methyl sites for hydroxylation is 2. The molecule has 0 fully saturated rings. The number of aromatic nitrogens is 1. The fourth-order valence-corrected chi connectivity index (χ4v) is 3.72. The minimum Gasteiger partial charge on any atom is -0.423 e. The zero-order valence-electron chi connectivity index (χ0n) is 15.5. The van der Waals surface area contributed by atoms with Crippen molar-refractivity contribution in [2.24, 2.45) is 0 Å². The van der Waals surface area contributed by atoms with Gasteiger partial charge in [0.05, 0.1) is 11.4 Å². The highest BCUT2D eigenvalue weighted by molar-refractivity contribution is 7.89. The van der Waals surface area contributed by atoms with Crippen LogP contribution in [0.4, 0.5) is 0 Å². The number of nitrogens with zero attached hydrogens (tertiary/aromatic N) is 2. The number of sulfonamides is 1. The number of hydrogen-bond donors (Lipinski definition) is 0. The van der Waals surface area contributed by atoms with Gasteiger partial charge < -0.3 is 8.98 Å². The number of benzene rings is 1. The monoisotopic (exact) mass is 388 g/mol. The topological polar surface area (TPSA) is 89.6 Å². The fraction of sp³-hybridized carbons (Fsp3) is 0.263. The molecule has 0 saturated heterocycles. The molecule has 0 saturated carbocycles. The lowest BCUT2D eigenvalue weighted by molar-refractivity contribution is 0.519. The third kappa shape index (κ3) is 3.58. The van der Waals surface area contributed by atoms with Gasteiger partial charge in [0.15, 0.2) is 0 Å². The summed E-state index contributed by atoms with van der Waals surface area (Å²) < 4.78 is 32.3. The van der Waals surface area contributed by atoms with Gasteiger partial charge in [0.25, 0.3) is 5.56 Å². The second kappa shape index (κ2) is 6.79. The molecule has 3 rings (SSSR count). The molecular weight excluding hydrogens is 368 g/mol. The molecule has 142 valence electrons. The molecular formula is C19H20N2O5S. The summed E-state index contributed by atoms with van der Waals surface area (Å²) in [5.41, 5.74) is 2.15. The first-order chi connectivity index (χ1) is 12.6. The van der Waals surface area contributed by atoms with Crippen molar-refractivity contribution in [1.29, 1.82) is 0 Å². The third-order valence-electron chi connectivity index (χ3n) is 4.52. The fourth-order valence-electron chi connectivity index (χ4n) is 2.79. The van der Waals surface area contributed by atoms with E-state index in [1.165, 1.54) is 43.1 Å². The third-order valence-corrected chi connectivity index (χ3v) is 6.32. The average molecular weight is 388 g/mol. The highest BCUT2D eigenvalue weighted by atomic mass is 32.2. The Bertz CT molecular complexity index is 1250. The summed E-state index contributed by atoms with van der Waals surface area (Å²) in [4.78, 5) is 24.2. The van der Waals surface area contributed by atoms with Crippen molar-refractivity contribution in [2.45, 2.75) is 25.3 Å². The Hall–Kier alpha value is -2.71. The maximum Gasteiger partial charge on any atom is 0.336 e. The van der Waals surface area contributed by atoms with Gasteiger partial charge in [-0.2, -0.15) is 0 Å². The zero-order valence-corrected chi connectivity index (χ0v) is 16.3. The van der Waals surface area contributed by atoms with E-state index >= 15 is 0 Å². The highest BCUT2D eigenvalue weighted by Crippen LogP contribution is 2.22. The summed E-state index contributed by atoms with van der Waals surface area (Å²) in [6, 6.07) is 7.49. The smallest absolute Gasteiger partial charge is 0.336 e. The van der Waals surface area contributed by atoms with Gasteiger partial charge >= 0.3 is 5.63 Å². The van der Waals surface area contributed by atoms with E-state index in [4.69, 9.17) is 4.42 Å². The average Bonchev–Trinajstić information content (AvgIpc) is 2.58. The van der Waals surface area contributed by atoms with Gasteiger partial charge in [-0.1, -0.05) is 0 Å². The SMILES string of the molecule is Cc1cc2oc(=O)cc(Cn3cc(S(=O)(=O)N(C)C)ccc3=O)c2cc1C. The molecule has 8 heteroatoms. The molecule has 0 aliphatic carbocycles. The van der Waals surface area contributed by atoms with E-state index in [-0.39, 0.29) is 17.0 Å². The molecule has 1 aromatic carbocycles. The normalized spacial score (nSPS) is 12.0. The molecule has 27 heavy (non-hydrogen) atoms. The molecule has 0 aliphatic heterocycles. The summed E-state index contributed by atoms with van der Waals surface area (Å²) in [5.74, 6) is 0. The van der Waals surface area contributed by atoms with E-state index in [0.717, 1.165) is 15.4 Å². The second-order valence-electron chi connectivity index (χ2n) is 6.64. The molecule has 0 bridgehead atoms. The van der Waals surface area contributed by atoms with Gasteiger partial charge in [-0.25, -0.2) is 17.5 Å². The van der Waals surface area contributed by atoms with E-state index in [2.05, 4.69) is 0 Å². The number of fused-ring (bicyclic) bond motifs is 1. The Balaban J connectivity index is 2.17. The second-order valence-corrected chi connectivity index (χ2v) is 8.79. The van der Waals surface area contributed by atoms with Gasteiger partial charge in [0.1, 0.15) is 5.58 Å². The molecule has 0 N–H and O–H groups in total. The molecule has 2 aromatic heterocycles. The van der Waals surface area contributed by atoms with E-state index in [1.54, 1.807) is 6.07 Å². The van der Waals surface area contributed by atoms with Crippen LogP contribution < -0.4 is 11.2 Å². The van der Waals surface area contributed by atoms with Crippen LogP contribution in [0.3, 0.4) is 0 Å². The summed E-state index contributed by atoms with van der Waals surface area (Å²) in [6.07, 6.45) is 1.29. The van der Waals surface area contributed by atoms with Crippen molar-refractivity contribution in [1.82, 2.24) is 8.87 Å². The summed E-state index contributed by atoms with van der Waals surface area (Å²) in [7, 11) is -0.833. The van der Waals surface area contributed by atoms with Crippen LogP contribution in [-0.4, -0.2) is 31.4 Å². The number of pyridine rings is 1. The van der Waals surface area contributed by atoms with Crippen LogP contribution in [0.2, 0.25) is 0 Å². The van der Waals surface area contributed by atoms with Crippen molar-refractivity contribution in [3.8, 4) is 0 Å². The largest absolute Gasteiger partial charge is 0.423 e. The predicted octanol–water partition coefficient (Wildman–Crippen LogP) is 1.87. The first kappa shape index (κ1) is 19.1. The Morgan fingerprint density at radius 2 is 1.70 bits per heavy atom. The van der Waals surface area contributed by atoms with Gasteiger partial charge in [0, 0.05) is 37.8 Å². The molecule has 0 unspecified atom stereocenters. The summed E-state index contributed by atoms with van der Waals surface area (Å²) >= 11 is 0. The van der Waals surface area contributed by atoms with Crippen LogP contribution in [0.5, 0.6) is 0 Å². The zero-order chi connectivity index (χ0) is 19.9. The molecule has 0 spiro atoms. The summed E-state index contributed by atoms with van der Waals surface area (Å²) in [5, 5.41) is 0.713. The standard InChI is InChI=1S/C19H20N2O5S/c1-12-7-16-14(9-19(23)26-17(16)8-13(12)2)10-21-11-15(5-6-18(21)22)27(24,25)20(3)4/h5-9,11H,10H2,1-4H3. The first-order valence-electron chi connectivity index (χ1n) is 8.26. The van der Waals surface area contributed by atoms with Crippen molar-refractivity contribution >= 4 is 21.0 Å². The maximum absolute atomic E-state index is 12.3. The van der Waals surface area contributed by atoms with Gasteiger partial charge in [-0.15, -0.1) is 0 Å². The molecule has 2 heterocycles. The molecule has 0 amide bonds. The van der Waals surface area contributed by atoms with Crippen LogP contribution in [0.1, 0.15) is 16.7 Å². The van der Waals surface area contributed by atoms with Crippen LogP contribution in [0.15, 0.2) is 55.4 Å². The van der Waals surface area contributed by atoms with Gasteiger partial charge in [-0.05, 0) is 48.7 Å². The van der Waals surface area contributed by atoms with Crippen molar-refractivity contribution < 1.29 is 12.8 Å². The van der Waals surface area contributed by atoms with Gasteiger partial charge in [-0.3, -0.25) is 4.79 Å². The van der Waals surface area contributed by atoms with E-state index in [0.29, 0.717) is 16.5 Å². The molecule has 0 aliphatic rings. The maximum atomic E-state index is 12.3. The van der Waals surface area contributed by atoms with Crippen molar-refractivity contribution in [3.63, 3.8) is 0 Å². The predicted molar refractivity (Wildman–Crippen MR) is 103 cm³/mol. The van der Waals surface area contributed by atoms with E-state index < -0.39 is 15.6 Å². The molecule has 0 radical (unpaired) electrons. The summed E-state index contributed by atoms with van der Waals surface area (Å²) in [6.45, 7) is 3.92. The quantitative estimate of drug-likeness (QED) is 0.637. The Morgan fingerprint density at radius 3 is 2.37 bits per heavy atom. The Kier molecular flexibility index (Phi) is 4.79. The lowest BCUT2D eigenvalue weighted by Gasteiger charge is -2.14. The minimum absolute atomic E-state index is 0.00592. The van der Waals surface area contributed by atoms with Crippen molar-refractivity contribution in [3.05, 3.63) is 74.0 Å². The Morgan fingerprint density at radius 1 is 1.04 bits per heavy atom. The van der Waals surface area contributed by atoms with Crippen LogP contribution in [0.25, 0.3) is 11.0 Å².